The second-order valence-corrected chi connectivity index (χ2v) is 8.73. The standard InChI is InChI=1S/C22H30N4O2S/c1-4-8-20-24-16(3)21(29-20)22(28)23-15(2)13-19(27)25-17-9-7-10-18(14-17)26-11-5-6-12-26/h7,9-10,14-15H,4-6,8,11-13H2,1-3H3,(H,23,28)(H,25,27). The first kappa shape index (κ1) is 21.3. The first-order chi connectivity index (χ1) is 14.0. The van der Waals surface area contributed by atoms with E-state index in [4.69, 9.17) is 0 Å². The summed E-state index contributed by atoms with van der Waals surface area (Å²) in [6, 6.07) is 7.70. The van der Waals surface area contributed by atoms with Crippen molar-refractivity contribution in [1.82, 2.24) is 10.3 Å². The van der Waals surface area contributed by atoms with Gasteiger partial charge >= 0.3 is 0 Å². The molecule has 1 aliphatic rings. The minimum Gasteiger partial charge on any atom is -0.371 e. The molecular weight excluding hydrogens is 384 g/mol. The lowest BCUT2D eigenvalue weighted by Crippen LogP contribution is -2.35. The van der Waals surface area contributed by atoms with Gasteiger partial charge in [0.05, 0.1) is 10.7 Å². The summed E-state index contributed by atoms with van der Waals surface area (Å²) in [5.41, 5.74) is 2.69. The number of nitrogens with one attached hydrogen (secondary N) is 2. The Labute approximate surface area is 176 Å². The summed E-state index contributed by atoms with van der Waals surface area (Å²) in [6.45, 7) is 7.93. The van der Waals surface area contributed by atoms with Crippen LogP contribution in [-0.4, -0.2) is 35.9 Å². The molecule has 1 saturated heterocycles. The molecule has 6 nitrogen and oxygen atoms in total. The van der Waals surface area contributed by atoms with Gasteiger partial charge in [0.1, 0.15) is 4.88 Å². The molecule has 1 aromatic carbocycles. The average molecular weight is 415 g/mol. The van der Waals surface area contributed by atoms with Crippen LogP contribution in [0.25, 0.3) is 0 Å². The summed E-state index contributed by atoms with van der Waals surface area (Å²) in [5, 5.41) is 6.87. The highest BCUT2D eigenvalue weighted by Crippen LogP contribution is 2.23. The van der Waals surface area contributed by atoms with Gasteiger partial charge in [0.25, 0.3) is 5.91 Å². The number of hydrogen-bond donors (Lipinski definition) is 2. The zero-order valence-corrected chi connectivity index (χ0v) is 18.3. The normalized spacial score (nSPS) is 14.7. The summed E-state index contributed by atoms with van der Waals surface area (Å²) in [4.78, 5) is 32.4. The second kappa shape index (κ2) is 9.87. The van der Waals surface area contributed by atoms with E-state index in [-0.39, 0.29) is 24.3 Å². The number of aryl methyl sites for hydroxylation is 2. The largest absolute Gasteiger partial charge is 0.371 e. The number of carbonyl (C=O) groups excluding carboxylic acids is 2. The van der Waals surface area contributed by atoms with Crippen LogP contribution in [0.3, 0.4) is 0 Å². The van der Waals surface area contributed by atoms with Crippen molar-refractivity contribution >= 4 is 34.5 Å². The number of carbonyl (C=O) groups is 2. The molecule has 1 fully saturated rings. The number of nitrogens with zero attached hydrogens (tertiary/aromatic N) is 2. The van der Waals surface area contributed by atoms with E-state index < -0.39 is 0 Å². The Morgan fingerprint density at radius 3 is 2.76 bits per heavy atom. The van der Waals surface area contributed by atoms with Gasteiger partial charge in [0, 0.05) is 36.9 Å². The van der Waals surface area contributed by atoms with E-state index in [0.29, 0.717) is 4.88 Å². The van der Waals surface area contributed by atoms with Crippen LogP contribution in [0.4, 0.5) is 11.4 Å². The molecule has 2 aromatic rings. The van der Waals surface area contributed by atoms with E-state index in [2.05, 4.69) is 33.5 Å². The van der Waals surface area contributed by atoms with Crippen LogP contribution in [0.2, 0.25) is 0 Å². The molecule has 3 rings (SSSR count). The van der Waals surface area contributed by atoms with E-state index in [9.17, 15) is 9.59 Å². The number of anilines is 2. The highest BCUT2D eigenvalue weighted by Gasteiger charge is 2.19. The van der Waals surface area contributed by atoms with Crippen LogP contribution in [-0.2, 0) is 11.2 Å². The average Bonchev–Trinajstić information content (AvgIpc) is 3.32. The van der Waals surface area contributed by atoms with Crippen molar-refractivity contribution in [3.63, 3.8) is 0 Å². The van der Waals surface area contributed by atoms with Gasteiger partial charge in [0.2, 0.25) is 5.91 Å². The Kier molecular flexibility index (Phi) is 7.25. The molecular formula is C22H30N4O2S. The summed E-state index contributed by atoms with van der Waals surface area (Å²) in [7, 11) is 0. The third kappa shape index (κ3) is 5.79. The third-order valence-electron chi connectivity index (χ3n) is 4.98. The number of benzene rings is 1. The Bertz CT molecular complexity index is 858. The van der Waals surface area contributed by atoms with Gasteiger partial charge in [0.15, 0.2) is 0 Å². The Morgan fingerprint density at radius 2 is 2.03 bits per heavy atom. The number of rotatable bonds is 8. The predicted molar refractivity (Wildman–Crippen MR) is 119 cm³/mol. The van der Waals surface area contributed by atoms with E-state index in [0.717, 1.165) is 48.0 Å². The minimum absolute atomic E-state index is 0.107. The van der Waals surface area contributed by atoms with Gasteiger partial charge in [-0.15, -0.1) is 11.3 Å². The fourth-order valence-electron chi connectivity index (χ4n) is 3.57. The Hall–Kier alpha value is -2.41. The van der Waals surface area contributed by atoms with Crippen LogP contribution in [0, 0.1) is 6.92 Å². The summed E-state index contributed by atoms with van der Waals surface area (Å²) in [6.07, 6.45) is 4.54. The molecule has 0 radical (unpaired) electrons. The molecule has 0 spiro atoms. The summed E-state index contributed by atoms with van der Waals surface area (Å²) in [5.74, 6) is -0.261. The first-order valence-corrected chi connectivity index (χ1v) is 11.2. The predicted octanol–water partition coefficient (Wildman–Crippen LogP) is 4.15. The van der Waals surface area contributed by atoms with Gasteiger partial charge in [-0.2, -0.15) is 0 Å². The van der Waals surface area contributed by atoms with E-state index in [1.54, 1.807) is 0 Å². The van der Waals surface area contributed by atoms with Crippen LogP contribution < -0.4 is 15.5 Å². The van der Waals surface area contributed by atoms with Gasteiger partial charge in [-0.3, -0.25) is 9.59 Å². The zero-order valence-electron chi connectivity index (χ0n) is 17.5. The van der Waals surface area contributed by atoms with Crippen LogP contribution in [0.15, 0.2) is 24.3 Å². The Morgan fingerprint density at radius 1 is 1.28 bits per heavy atom. The smallest absolute Gasteiger partial charge is 0.263 e. The Balaban J connectivity index is 1.52. The quantitative estimate of drug-likeness (QED) is 0.680. The van der Waals surface area contributed by atoms with Crippen molar-refractivity contribution in [3.05, 3.63) is 39.8 Å². The highest BCUT2D eigenvalue weighted by atomic mass is 32.1. The van der Waals surface area contributed by atoms with Gasteiger partial charge in [-0.05, 0) is 57.7 Å². The maximum atomic E-state index is 12.5. The molecule has 1 unspecified atom stereocenters. The summed E-state index contributed by atoms with van der Waals surface area (Å²) < 4.78 is 0. The summed E-state index contributed by atoms with van der Waals surface area (Å²) >= 11 is 1.44. The third-order valence-corrected chi connectivity index (χ3v) is 6.20. The van der Waals surface area contributed by atoms with Gasteiger partial charge in [-0.1, -0.05) is 13.0 Å². The van der Waals surface area contributed by atoms with Crippen molar-refractivity contribution in [3.8, 4) is 0 Å². The maximum Gasteiger partial charge on any atom is 0.263 e. The minimum atomic E-state index is -0.264. The molecule has 2 amide bonds. The van der Waals surface area contributed by atoms with E-state index >= 15 is 0 Å². The number of hydrogen-bond acceptors (Lipinski definition) is 5. The monoisotopic (exact) mass is 414 g/mol. The molecule has 1 atom stereocenters. The zero-order chi connectivity index (χ0) is 20.8. The molecule has 1 aliphatic heterocycles. The SMILES string of the molecule is CCCc1nc(C)c(C(=O)NC(C)CC(=O)Nc2cccc(N3CCCC3)c2)s1. The highest BCUT2D eigenvalue weighted by molar-refractivity contribution is 7.13. The van der Waals surface area contributed by atoms with Crippen LogP contribution >= 0.6 is 11.3 Å². The number of aromatic nitrogens is 1. The fourth-order valence-corrected chi connectivity index (χ4v) is 4.64. The topological polar surface area (TPSA) is 74.3 Å². The second-order valence-electron chi connectivity index (χ2n) is 7.64. The lowest BCUT2D eigenvalue weighted by Gasteiger charge is -2.19. The van der Waals surface area contributed by atoms with Gasteiger partial charge in [-0.25, -0.2) is 4.98 Å². The number of thiazole rings is 1. The maximum absolute atomic E-state index is 12.5. The number of amides is 2. The molecule has 0 aliphatic carbocycles. The molecule has 0 saturated carbocycles. The van der Waals surface area contributed by atoms with E-state index in [1.807, 2.05) is 32.0 Å². The van der Waals surface area contributed by atoms with Crippen molar-refractivity contribution < 1.29 is 9.59 Å². The van der Waals surface area contributed by atoms with Crippen molar-refractivity contribution in [1.29, 1.82) is 0 Å². The van der Waals surface area contributed by atoms with E-state index in [1.165, 1.54) is 24.2 Å². The molecule has 2 N–H and O–H groups in total. The molecule has 29 heavy (non-hydrogen) atoms. The van der Waals surface area contributed by atoms with Crippen LogP contribution in [0.1, 0.15) is 59.9 Å². The lowest BCUT2D eigenvalue weighted by atomic mass is 10.2. The van der Waals surface area contributed by atoms with Crippen molar-refractivity contribution in [2.45, 2.75) is 58.9 Å². The lowest BCUT2D eigenvalue weighted by molar-refractivity contribution is -0.116. The van der Waals surface area contributed by atoms with Crippen LogP contribution in [0.5, 0.6) is 0 Å². The first-order valence-electron chi connectivity index (χ1n) is 10.4. The molecule has 2 heterocycles. The van der Waals surface area contributed by atoms with Gasteiger partial charge < -0.3 is 15.5 Å². The molecule has 0 bridgehead atoms. The molecule has 7 heteroatoms. The molecule has 156 valence electrons. The van der Waals surface area contributed by atoms with Crippen molar-refractivity contribution in [2.75, 3.05) is 23.3 Å². The van der Waals surface area contributed by atoms with Crippen molar-refractivity contribution in [2.24, 2.45) is 0 Å². The fraction of sp³-hybridized carbons (Fsp3) is 0.500. The molecule has 1 aromatic heterocycles.